The molecular formula is C18H20FNO. The quantitative estimate of drug-likeness (QED) is 0.859. The molecule has 0 heterocycles. The molecular weight excluding hydrogens is 265 g/mol. The van der Waals surface area contributed by atoms with Crippen molar-refractivity contribution in [3.63, 3.8) is 0 Å². The summed E-state index contributed by atoms with van der Waals surface area (Å²) in [6.07, 6.45) is 2.44. The summed E-state index contributed by atoms with van der Waals surface area (Å²) in [5, 5.41) is 3.50. The average molecular weight is 285 g/mol. The first kappa shape index (κ1) is 13.9. The van der Waals surface area contributed by atoms with E-state index in [1.165, 1.54) is 18.4 Å². The van der Waals surface area contributed by atoms with Crippen LogP contribution >= 0.6 is 0 Å². The minimum Gasteiger partial charge on any atom is -0.497 e. The number of benzene rings is 2. The normalized spacial score (nSPS) is 15.6. The lowest BCUT2D eigenvalue weighted by Gasteiger charge is -2.21. The topological polar surface area (TPSA) is 21.3 Å². The molecule has 1 unspecified atom stereocenters. The first-order valence-electron chi connectivity index (χ1n) is 7.33. The Morgan fingerprint density at radius 1 is 1.14 bits per heavy atom. The van der Waals surface area contributed by atoms with Gasteiger partial charge in [0, 0.05) is 5.69 Å². The second kappa shape index (κ2) is 5.76. The number of hydrogen-bond donors (Lipinski definition) is 1. The van der Waals surface area contributed by atoms with Gasteiger partial charge in [-0.2, -0.15) is 0 Å². The Kier molecular flexibility index (Phi) is 3.82. The first-order valence-corrected chi connectivity index (χ1v) is 7.33. The first-order chi connectivity index (χ1) is 10.2. The van der Waals surface area contributed by atoms with Crippen molar-refractivity contribution >= 4 is 5.69 Å². The molecule has 1 saturated carbocycles. The molecule has 1 aliphatic rings. The lowest BCUT2D eigenvalue weighted by molar-refractivity contribution is 0.414. The van der Waals surface area contributed by atoms with E-state index >= 15 is 0 Å². The Morgan fingerprint density at radius 3 is 2.43 bits per heavy atom. The summed E-state index contributed by atoms with van der Waals surface area (Å²) < 4.78 is 18.7. The van der Waals surface area contributed by atoms with Crippen molar-refractivity contribution in [3.8, 4) is 5.75 Å². The highest BCUT2D eigenvalue weighted by Crippen LogP contribution is 2.43. The van der Waals surface area contributed by atoms with Gasteiger partial charge in [0.25, 0.3) is 0 Å². The maximum absolute atomic E-state index is 13.5. The summed E-state index contributed by atoms with van der Waals surface area (Å²) in [5.41, 5.74) is 3.00. The van der Waals surface area contributed by atoms with Crippen molar-refractivity contribution in [1.82, 2.24) is 0 Å². The van der Waals surface area contributed by atoms with Gasteiger partial charge in [0.1, 0.15) is 11.6 Å². The molecule has 0 saturated heterocycles. The molecule has 2 nitrogen and oxygen atoms in total. The molecule has 2 aromatic rings. The van der Waals surface area contributed by atoms with Crippen LogP contribution in [0.2, 0.25) is 0 Å². The predicted octanol–water partition coefficient (Wildman–Crippen LogP) is 4.71. The fourth-order valence-electron chi connectivity index (χ4n) is 2.71. The molecule has 0 radical (unpaired) electrons. The molecule has 0 spiro atoms. The molecule has 1 N–H and O–H groups in total. The van der Waals surface area contributed by atoms with Crippen LogP contribution in [0.5, 0.6) is 5.75 Å². The second-order valence-corrected chi connectivity index (χ2v) is 5.75. The third-order valence-corrected chi connectivity index (χ3v) is 3.93. The van der Waals surface area contributed by atoms with Crippen LogP contribution in [-0.4, -0.2) is 7.11 Å². The number of rotatable bonds is 5. The second-order valence-electron chi connectivity index (χ2n) is 5.75. The van der Waals surface area contributed by atoms with Crippen LogP contribution in [0.4, 0.5) is 10.1 Å². The van der Waals surface area contributed by atoms with E-state index in [-0.39, 0.29) is 11.9 Å². The maximum atomic E-state index is 13.5. The third kappa shape index (κ3) is 3.35. The van der Waals surface area contributed by atoms with Crippen LogP contribution in [0.3, 0.4) is 0 Å². The number of ether oxygens (including phenoxy) is 1. The summed E-state index contributed by atoms with van der Waals surface area (Å²) in [6.45, 7) is 1.91. The van der Waals surface area contributed by atoms with E-state index in [0.29, 0.717) is 5.92 Å². The van der Waals surface area contributed by atoms with E-state index in [1.807, 2.05) is 25.1 Å². The third-order valence-electron chi connectivity index (χ3n) is 3.93. The van der Waals surface area contributed by atoms with Crippen LogP contribution in [0.25, 0.3) is 0 Å². The molecule has 2 aromatic carbocycles. The zero-order valence-electron chi connectivity index (χ0n) is 12.4. The van der Waals surface area contributed by atoms with E-state index in [4.69, 9.17) is 4.74 Å². The van der Waals surface area contributed by atoms with Crippen molar-refractivity contribution in [1.29, 1.82) is 0 Å². The highest BCUT2D eigenvalue weighted by atomic mass is 19.1. The Hall–Kier alpha value is -2.03. The molecule has 0 aromatic heterocycles. The Bertz CT molecular complexity index is 599. The smallest absolute Gasteiger partial charge is 0.125 e. The van der Waals surface area contributed by atoms with Gasteiger partial charge >= 0.3 is 0 Å². The summed E-state index contributed by atoms with van der Waals surface area (Å²) in [7, 11) is 1.67. The fraction of sp³-hybridized carbons (Fsp3) is 0.333. The van der Waals surface area contributed by atoms with Gasteiger partial charge < -0.3 is 10.1 Å². The number of nitrogens with one attached hydrogen (secondary N) is 1. The van der Waals surface area contributed by atoms with Gasteiger partial charge in [0.15, 0.2) is 0 Å². The summed E-state index contributed by atoms with van der Waals surface area (Å²) >= 11 is 0. The zero-order chi connectivity index (χ0) is 14.8. The molecule has 21 heavy (non-hydrogen) atoms. The van der Waals surface area contributed by atoms with Gasteiger partial charge in [0.05, 0.1) is 13.2 Å². The van der Waals surface area contributed by atoms with E-state index in [9.17, 15) is 4.39 Å². The highest BCUT2D eigenvalue weighted by molar-refractivity contribution is 5.49. The van der Waals surface area contributed by atoms with E-state index in [2.05, 4.69) is 17.4 Å². The van der Waals surface area contributed by atoms with Crippen LogP contribution in [-0.2, 0) is 0 Å². The van der Waals surface area contributed by atoms with E-state index in [1.54, 1.807) is 19.2 Å². The minimum atomic E-state index is -0.193. The van der Waals surface area contributed by atoms with Crippen molar-refractivity contribution < 1.29 is 9.13 Å². The van der Waals surface area contributed by atoms with Crippen LogP contribution in [0.1, 0.15) is 30.0 Å². The largest absolute Gasteiger partial charge is 0.497 e. The van der Waals surface area contributed by atoms with Gasteiger partial charge in [-0.1, -0.05) is 12.1 Å². The average Bonchev–Trinajstić information content (AvgIpc) is 3.28. The predicted molar refractivity (Wildman–Crippen MR) is 83.2 cm³/mol. The van der Waals surface area contributed by atoms with E-state index in [0.717, 1.165) is 17.0 Å². The number of aryl methyl sites for hydroxylation is 1. The monoisotopic (exact) mass is 285 g/mol. The van der Waals surface area contributed by atoms with Crippen molar-refractivity contribution in [3.05, 3.63) is 59.4 Å². The molecule has 0 aliphatic heterocycles. The van der Waals surface area contributed by atoms with Crippen molar-refractivity contribution in [2.45, 2.75) is 25.8 Å². The lowest BCUT2D eigenvalue weighted by atomic mass is 10.0. The summed E-state index contributed by atoms with van der Waals surface area (Å²) in [5.74, 6) is 1.29. The molecule has 3 heteroatoms. The maximum Gasteiger partial charge on any atom is 0.125 e. The van der Waals surface area contributed by atoms with Crippen LogP contribution in [0, 0.1) is 18.7 Å². The fourth-order valence-corrected chi connectivity index (χ4v) is 2.71. The summed E-state index contributed by atoms with van der Waals surface area (Å²) in [4.78, 5) is 0. The lowest BCUT2D eigenvalue weighted by Crippen LogP contribution is -2.13. The van der Waals surface area contributed by atoms with Gasteiger partial charge in [-0.05, 0) is 67.1 Å². The molecule has 0 amide bonds. The minimum absolute atomic E-state index is 0.193. The van der Waals surface area contributed by atoms with E-state index < -0.39 is 0 Å². The Morgan fingerprint density at radius 2 is 1.86 bits per heavy atom. The highest BCUT2D eigenvalue weighted by Gasteiger charge is 2.32. The Balaban J connectivity index is 1.84. The van der Waals surface area contributed by atoms with Crippen molar-refractivity contribution in [2.75, 3.05) is 12.4 Å². The molecule has 0 bridgehead atoms. The van der Waals surface area contributed by atoms with Crippen molar-refractivity contribution in [2.24, 2.45) is 5.92 Å². The molecule has 1 aliphatic carbocycles. The molecule has 110 valence electrons. The van der Waals surface area contributed by atoms with Crippen LogP contribution in [0.15, 0.2) is 42.5 Å². The number of methoxy groups -OCH3 is 1. The zero-order valence-corrected chi connectivity index (χ0v) is 12.4. The van der Waals surface area contributed by atoms with Gasteiger partial charge in [-0.15, -0.1) is 0 Å². The molecule has 1 fully saturated rings. The number of halogens is 1. The van der Waals surface area contributed by atoms with Gasteiger partial charge in [-0.3, -0.25) is 0 Å². The van der Waals surface area contributed by atoms with Gasteiger partial charge in [-0.25, -0.2) is 4.39 Å². The standard InChI is InChI=1S/C18H20FNO/c1-12-9-15(19)11-16(10-12)20-18(13-3-4-13)14-5-7-17(21-2)8-6-14/h5-11,13,18,20H,3-4H2,1-2H3. The molecule has 3 rings (SSSR count). The number of hydrogen-bond acceptors (Lipinski definition) is 2. The van der Waals surface area contributed by atoms with Crippen LogP contribution < -0.4 is 10.1 Å². The molecule has 1 atom stereocenters. The van der Waals surface area contributed by atoms with Gasteiger partial charge in [0.2, 0.25) is 0 Å². The SMILES string of the molecule is COc1ccc(C(Nc2cc(C)cc(F)c2)C2CC2)cc1. The Labute approximate surface area is 125 Å². The summed E-state index contributed by atoms with van der Waals surface area (Å²) in [6, 6.07) is 13.4. The number of anilines is 1.